The summed E-state index contributed by atoms with van der Waals surface area (Å²) in [5, 5.41) is 5.76. The summed E-state index contributed by atoms with van der Waals surface area (Å²) in [7, 11) is 0. The Hall–Kier alpha value is -2.30. The van der Waals surface area contributed by atoms with E-state index < -0.39 is 17.7 Å². The van der Waals surface area contributed by atoms with Gasteiger partial charge in [0.2, 0.25) is 5.91 Å². The molecule has 0 spiro atoms. The second-order valence-corrected chi connectivity index (χ2v) is 9.29. The van der Waals surface area contributed by atoms with E-state index in [4.69, 9.17) is 9.47 Å². The number of carbonyl (C=O) groups excluding carboxylic acids is 2. The highest BCUT2D eigenvalue weighted by Gasteiger charge is 2.38. The summed E-state index contributed by atoms with van der Waals surface area (Å²) in [5.74, 6) is -1.41. The first-order valence-electron chi connectivity index (χ1n) is 11.1. The van der Waals surface area contributed by atoms with Crippen LogP contribution in [0.4, 0.5) is 13.6 Å². The number of rotatable bonds is 6. The summed E-state index contributed by atoms with van der Waals surface area (Å²) >= 11 is 0. The Morgan fingerprint density at radius 3 is 2.69 bits per heavy atom. The van der Waals surface area contributed by atoms with E-state index in [0.29, 0.717) is 25.6 Å². The molecule has 1 saturated carbocycles. The number of amides is 2. The topological polar surface area (TPSA) is 101 Å². The number of benzene rings is 1. The Balaban J connectivity index is 1.19. The van der Waals surface area contributed by atoms with Gasteiger partial charge in [-0.05, 0) is 62.6 Å². The first kappa shape index (κ1) is 22.9. The van der Waals surface area contributed by atoms with Crippen LogP contribution in [0.15, 0.2) is 18.2 Å². The Morgan fingerprint density at radius 2 is 1.97 bits per heavy atom. The number of ether oxygens (including phenoxy) is 2. The van der Waals surface area contributed by atoms with Crippen molar-refractivity contribution in [3.05, 3.63) is 35.4 Å². The van der Waals surface area contributed by atoms with Crippen molar-refractivity contribution in [1.29, 1.82) is 0 Å². The third kappa shape index (κ3) is 5.93. The van der Waals surface area contributed by atoms with Gasteiger partial charge in [0.1, 0.15) is 17.7 Å². The van der Waals surface area contributed by atoms with Crippen LogP contribution in [0.3, 0.4) is 0 Å². The summed E-state index contributed by atoms with van der Waals surface area (Å²) in [6.07, 6.45) is 2.99. The van der Waals surface area contributed by atoms with E-state index in [1.807, 2.05) is 6.92 Å². The second-order valence-electron chi connectivity index (χ2n) is 9.29. The van der Waals surface area contributed by atoms with Crippen molar-refractivity contribution in [2.45, 2.75) is 69.3 Å². The van der Waals surface area contributed by atoms with E-state index in [9.17, 15) is 18.4 Å². The molecule has 1 aromatic carbocycles. The Bertz CT molecular complexity index is 829. The second kappa shape index (κ2) is 9.68. The molecule has 0 bridgehead atoms. The first-order valence-corrected chi connectivity index (χ1v) is 11.1. The molecular formula is C22H30F2N4O4. The van der Waals surface area contributed by atoms with Crippen molar-refractivity contribution >= 4 is 12.0 Å². The number of nitrogens with one attached hydrogen (secondary N) is 4. The third-order valence-electron chi connectivity index (χ3n) is 6.45. The predicted octanol–water partition coefficient (Wildman–Crippen LogP) is 1.89. The molecule has 32 heavy (non-hydrogen) atoms. The summed E-state index contributed by atoms with van der Waals surface area (Å²) in [4.78, 5) is 24.5. The maximum Gasteiger partial charge on any atom is 0.407 e. The number of hydrogen-bond donors (Lipinski definition) is 4. The molecule has 3 unspecified atom stereocenters. The molecule has 2 heterocycles. The molecule has 176 valence electrons. The summed E-state index contributed by atoms with van der Waals surface area (Å²) in [6.45, 7) is 3.08. The molecule has 4 rings (SSSR count). The molecule has 2 saturated heterocycles. The average molecular weight is 453 g/mol. The van der Waals surface area contributed by atoms with Crippen molar-refractivity contribution in [1.82, 2.24) is 21.5 Å². The van der Waals surface area contributed by atoms with Gasteiger partial charge >= 0.3 is 6.09 Å². The standard InChI is InChI=1S/C22H30F2N4O4/c1-22(4-5-31-12-22)26-21(30)32-17-3-2-14(9-17)18-11-19(28-27-18)25-20(29)8-13-6-15(23)10-16(24)7-13/h6-7,10,14,17-19,27-28H,2-5,8-9,11-12H2,1H3,(H,25,29)(H,26,30)/t14-,17+,18?,19?,22?/m0/s1. The lowest BCUT2D eigenvalue weighted by molar-refractivity contribution is -0.121. The molecule has 1 aromatic rings. The predicted molar refractivity (Wildman–Crippen MR) is 111 cm³/mol. The third-order valence-corrected chi connectivity index (χ3v) is 6.45. The van der Waals surface area contributed by atoms with Crippen molar-refractivity contribution in [2.24, 2.45) is 5.92 Å². The van der Waals surface area contributed by atoms with Gasteiger partial charge in [-0.2, -0.15) is 0 Å². The van der Waals surface area contributed by atoms with Gasteiger partial charge in [0, 0.05) is 18.7 Å². The maximum absolute atomic E-state index is 13.3. The molecule has 4 N–H and O–H groups in total. The van der Waals surface area contributed by atoms with Gasteiger partial charge in [-0.15, -0.1) is 0 Å². The quantitative estimate of drug-likeness (QED) is 0.526. The molecule has 2 amide bonds. The van der Waals surface area contributed by atoms with Gasteiger partial charge in [0.25, 0.3) is 0 Å². The zero-order valence-electron chi connectivity index (χ0n) is 18.1. The minimum absolute atomic E-state index is 0.101. The van der Waals surface area contributed by atoms with Crippen LogP contribution in [0.2, 0.25) is 0 Å². The Kier molecular flexibility index (Phi) is 6.92. The number of halogens is 2. The smallest absolute Gasteiger partial charge is 0.407 e. The van der Waals surface area contributed by atoms with Crippen LogP contribution in [-0.4, -0.2) is 49.1 Å². The van der Waals surface area contributed by atoms with Crippen molar-refractivity contribution in [2.75, 3.05) is 13.2 Å². The summed E-state index contributed by atoms with van der Waals surface area (Å²) in [6, 6.07) is 3.21. The molecule has 1 aliphatic carbocycles. The van der Waals surface area contributed by atoms with E-state index >= 15 is 0 Å². The normalized spacial score (nSPS) is 32.1. The number of carbonyl (C=O) groups is 2. The van der Waals surface area contributed by atoms with E-state index in [0.717, 1.165) is 43.9 Å². The lowest BCUT2D eigenvalue weighted by Crippen LogP contribution is -2.47. The van der Waals surface area contributed by atoms with Crippen LogP contribution in [0.25, 0.3) is 0 Å². The van der Waals surface area contributed by atoms with Crippen molar-refractivity contribution in [3.8, 4) is 0 Å². The fourth-order valence-electron chi connectivity index (χ4n) is 4.77. The van der Waals surface area contributed by atoms with Crippen molar-refractivity contribution < 1.29 is 27.8 Å². The molecule has 5 atom stereocenters. The van der Waals surface area contributed by atoms with Crippen LogP contribution in [0, 0.1) is 17.6 Å². The zero-order chi connectivity index (χ0) is 22.7. The molecule has 10 heteroatoms. The molecular weight excluding hydrogens is 422 g/mol. The molecule has 0 aromatic heterocycles. The Labute approximate surface area is 185 Å². The van der Waals surface area contributed by atoms with Gasteiger partial charge in [-0.25, -0.2) is 19.0 Å². The van der Waals surface area contributed by atoms with Crippen LogP contribution in [0.5, 0.6) is 0 Å². The van der Waals surface area contributed by atoms with Gasteiger partial charge < -0.3 is 20.1 Å². The maximum atomic E-state index is 13.3. The SMILES string of the molecule is CC1(NC(=O)O[C@@H]2CC[C@H](C3CC(NC(=O)Cc4cc(F)cc(F)c4)NN3)C2)CCOC1. The number of hydrazine groups is 1. The molecule has 3 aliphatic rings. The zero-order valence-corrected chi connectivity index (χ0v) is 18.1. The summed E-state index contributed by atoms with van der Waals surface area (Å²) < 4.78 is 37.6. The lowest BCUT2D eigenvalue weighted by atomic mass is 9.96. The lowest BCUT2D eigenvalue weighted by Gasteiger charge is -2.24. The minimum Gasteiger partial charge on any atom is -0.446 e. The molecule has 3 fully saturated rings. The van der Waals surface area contributed by atoms with Gasteiger partial charge in [-0.3, -0.25) is 10.2 Å². The van der Waals surface area contributed by atoms with Crippen LogP contribution in [0.1, 0.15) is 44.6 Å². The molecule has 0 radical (unpaired) electrons. The fraction of sp³-hybridized carbons (Fsp3) is 0.636. The minimum atomic E-state index is -0.703. The largest absolute Gasteiger partial charge is 0.446 e. The van der Waals surface area contributed by atoms with Gasteiger partial charge in [0.05, 0.1) is 24.7 Å². The van der Waals surface area contributed by atoms with Crippen molar-refractivity contribution in [3.63, 3.8) is 0 Å². The monoisotopic (exact) mass is 452 g/mol. The molecule has 2 aliphatic heterocycles. The van der Waals surface area contributed by atoms with E-state index in [-0.39, 0.29) is 41.7 Å². The van der Waals surface area contributed by atoms with Crippen LogP contribution in [-0.2, 0) is 20.7 Å². The van der Waals surface area contributed by atoms with E-state index in [2.05, 4.69) is 21.5 Å². The van der Waals surface area contributed by atoms with Crippen LogP contribution < -0.4 is 21.5 Å². The summed E-state index contributed by atoms with van der Waals surface area (Å²) in [5.41, 5.74) is 6.21. The van der Waals surface area contributed by atoms with Gasteiger partial charge in [-0.1, -0.05) is 0 Å². The average Bonchev–Trinajstić information content (AvgIpc) is 3.42. The van der Waals surface area contributed by atoms with E-state index in [1.165, 1.54) is 0 Å². The van der Waals surface area contributed by atoms with E-state index in [1.54, 1.807) is 0 Å². The first-order chi connectivity index (χ1) is 15.3. The number of alkyl carbamates (subject to hydrolysis) is 1. The Morgan fingerprint density at radius 1 is 1.19 bits per heavy atom. The van der Waals surface area contributed by atoms with Gasteiger partial charge in [0.15, 0.2) is 0 Å². The fourth-order valence-corrected chi connectivity index (χ4v) is 4.77. The van der Waals surface area contributed by atoms with Crippen LogP contribution >= 0.6 is 0 Å². The highest BCUT2D eigenvalue weighted by atomic mass is 19.1. The highest BCUT2D eigenvalue weighted by Crippen LogP contribution is 2.33. The number of hydrogen-bond acceptors (Lipinski definition) is 6. The molecule has 8 nitrogen and oxygen atoms in total. The highest BCUT2D eigenvalue weighted by molar-refractivity contribution is 5.78.